The highest BCUT2D eigenvalue weighted by Crippen LogP contribution is 2.16. The number of halogens is 2. The number of ether oxygens (including phenoxy) is 2. The Labute approximate surface area is 200 Å². The van der Waals surface area contributed by atoms with Crippen LogP contribution < -0.4 is 10.1 Å². The fraction of sp³-hybridized carbons (Fsp3) is 0.240. The molecule has 3 rings (SSSR count). The summed E-state index contributed by atoms with van der Waals surface area (Å²) in [4.78, 5) is 39.0. The van der Waals surface area contributed by atoms with Crippen LogP contribution in [0.1, 0.15) is 21.7 Å². The fourth-order valence-corrected chi connectivity index (χ4v) is 3.16. The third kappa shape index (κ3) is 7.95. The van der Waals surface area contributed by atoms with Gasteiger partial charge in [0.25, 0.3) is 11.8 Å². The van der Waals surface area contributed by atoms with E-state index in [2.05, 4.69) is 10.1 Å². The van der Waals surface area contributed by atoms with Gasteiger partial charge >= 0.3 is 12.6 Å². The molecule has 1 N–H and O–H groups in total. The Morgan fingerprint density at radius 2 is 1.69 bits per heavy atom. The lowest BCUT2D eigenvalue weighted by molar-refractivity contribution is -0.153. The Kier molecular flexibility index (Phi) is 8.94. The summed E-state index contributed by atoms with van der Waals surface area (Å²) in [6, 6.07) is 16.8. The molecule has 0 spiro atoms. The predicted molar refractivity (Wildman–Crippen MR) is 121 cm³/mol. The SMILES string of the molecule is CN(Cc1ccc(OC(F)F)cc1)C(=O)COC(=O)C(Cc1ccccc1)NC(=O)c1ccco1. The maximum absolute atomic E-state index is 12.8. The normalized spacial score (nSPS) is 11.5. The van der Waals surface area contributed by atoms with Crippen LogP contribution in [0.5, 0.6) is 5.75 Å². The number of furan rings is 1. The molecule has 0 radical (unpaired) electrons. The summed E-state index contributed by atoms with van der Waals surface area (Å²) in [6.07, 6.45) is 1.50. The molecule has 0 aliphatic heterocycles. The molecule has 10 heteroatoms. The van der Waals surface area contributed by atoms with E-state index in [0.717, 1.165) is 5.56 Å². The van der Waals surface area contributed by atoms with Crippen LogP contribution in [-0.2, 0) is 27.3 Å². The maximum Gasteiger partial charge on any atom is 0.387 e. The van der Waals surface area contributed by atoms with Crippen LogP contribution in [0.25, 0.3) is 0 Å². The zero-order valence-corrected chi connectivity index (χ0v) is 18.9. The van der Waals surface area contributed by atoms with Crippen LogP contribution >= 0.6 is 0 Å². The Bertz CT molecular complexity index is 1100. The third-order valence-electron chi connectivity index (χ3n) is 4.95. The maximum atomic E-state index is 12.8. The molecule has 1 heterocycles. The molecule has 184 valence electrons. The molecular weight excluding hydrogens is 462 g/mol. The molecule has 2 amide bonds. The summed E-state index contributed by atoms with van der Waals surface area (Å²) in [6.45, 7) is -3.30. The number of nitrogens with one attached hydrogen (secondary N) is 1. The molecule has 1 unspecified atom stereocenters. The van der Waals surface area contributed by atoms with Crippen LogP contribution in [0, 0.1) is 0 Å². The minimum absolute atomic E-state index is 0.00714. The second-order valence-corrected chi connectivity index (χ2v) is 7.57. The number of nitrogens with zero attached hydrogens (tertiary/aromatic N) is 1. The zero-order valence-electron chi connectivity index (χ0n) is 18.9. The molecule has 35 heavy (non-hydrogen) atoms. The van der Waals surface area contributed by atoms with E-state index in [-0.39, 0.29) is 24.5 Å². The van der Waals surface area contributed by atoms with E-state index in [1.54, 1.807) is 42.5 Å². The highest BCUT2D eigenvalue weighted by molar-refractivity contribution is 5.94. The van der Waals surface area contributed by atoms with Gasteiger partial charge in [-0.1, -0.05) is 42.5 Å². The van der Waals surface area contributed by atoms with Crippen LogP contribution in [0.3, 0.4) is 0 Å². The first-order chi connectivity index (χ1) is 16.8. The Hall–Kier alpha value is -4.21. The van der Waals surface area contributed by atoms with Gasteiger partial charge in [-0.3, -0.25) is 9.59 Å². The molecule has 2 aromatic carbocycles. The first kappa shape index (κ1) is 25.4. The van der Waals surface area contributed by atoms with Crippen LogP contribution in [0.4, 0.5) is 8.78 Å². The largest absolute Gasteiger partial charge is 0.459 e. The van der Waals surface area contributed by atoms with Crippen molar-refractivity contribution in [1.29, 1.82) is 0 Å². The quantitative estimate of drug-likeness (QED) is 0.417. The molecule has 0 aliphatic carbocycles. The van der Waals surface area contributed by atoms with Gasteiger partial charge in [0.15, 0.2) is 12.4 Å². The number of carbonyl (C=O) groups is 3. The standard InChI is InChI=1S/C25H24F2N2O6/c1-29(15-18-9-11-19(12-10-18)35-25(26)27)22(30)16-34-24(32)20(14-17-6-3-2-4-7-17)28-23(31)21-8-5-13-33-21/h2-13,20,25H,14-16H2,1H3,(H,28,31). The lowest BCUT2D eigenvalue weighted by Crippen LogP contribution is -2.44. The lowest BCUT2D eigenvalue weighted by Gasteiger charge is -2.20. The van der Waals surface area contributed by atoms with E-state index in [4.69, 9.17) is 9.15 Å². The Morgan fingerprint density at radius 3 is 2.31 bits per heavy atom. The minimum Gasteiger partial charge on any atom is -0.459 e. The van der Waals surface area contributed by atoms with Crippen molar-refractivity contribution in [2.45, 2.75) is 25.6 Å². The topological polar surface area (TPSA) is 98.1 Å². The average molecular weight is 486 g/mol. The van der Waals surface area contributed by atoms with Gasteiger partial charge in [-0.2, -0.15) is 8.78 Å². The Balaban J connectivity index is 1.56. The molecule has 0 bridgehead atoms. The number of hydrogen-bond acceptors (Lipinski definition) is 6. The van der Waals surface area contributed by atoms with Gasteiger partial charge < -0.3 is 24.1 Å². The Morgan fingerprint density at radius 1 is 0.971 bits per heavy atom. The molecule has 0 aliphatic rings. The first-order valence-corrected chi connectivity index (χ1v) is 10.6. The fourth-order valence-electron chi connectivity index (χ4n) is 3.16. The lowest BCUT2D eigenvalue weighted by atomic mass is 10.1. The van der Waals surface area contributed by atoms with Crippen molar-refractivity contribution in [2.24, 2.45) is 0 Å². The third-order valence-corrected chi connectivity index (χ3v) is 4.95. The second kappa shape index (κ2) is 12.3. The summed E-state index contributed by atoms with van der Waals surface area (Å²) in [5.74, 6) is -1.80. The number of rotatable bonds is 11. The van der Waals surface area contributed by atoms with Crippen molar-refractivity contribution < 1.29 is 37.1 Å². The van der Waals surface area contributed by atoms with Gasteiger partial charge in [0.05, 0.1) is 6.26 Å². The number of amides is 2. The molecule has 3 aromatic rings. The summed E-state index contributed by atoms with van der Waals surface area (Å²) in [7, 11) is 1.51. The minimum atomic E-state index is -2.92. The molecule has 0 saturated heterocycles. The molecule has 8 nitrogen and oxygen atoms in total. The summed E-state index contributed by atoms with van der Waals surface area (Å²) in [5, 5.41) is 2.58. The van der Waals surface area contributed by atoms with Crippen LogP contribution in [0.2, 0.25) is 0 Å². The number of alkyl halides is 2. The van der Waals surface area contributed by atoms with E-state index in [1.165, 1.54) is 36.4 Å². The number of likely N-dealkylation sites (N-methyl/N-ethyl adjacent to an activating group) is 1. The van der Waals surface area contributed by atoms with Crippen molar-refractivity contribution in [3.8, 4) is 5.75 Å². The van der Waals surface area contributed by atoms with E-state index in [1.807, 2.05) is 6.07 Å². The average Bonchev–Trinajstić information content (AvgIpc) is 3.38. The summed E-state index contributed by atoms with van der Waals surface area (Å²) in [5.41, 5.74) is 1.46. The van der Waals surface area contributed by atoms with Gasteiger partial charge in [0.2, 0.25) is 0 Å². The van der Waals surface area contributed by atoms with E-state index in [0.29, 0.717) is 5.56 Å². The predicted octanol–water partition coefficient (Wildman–Crippen LogP) is 3.42. The van der Waals surface area contributed by atoms with Crippen molar-refractivity contribution in [1.82, 2.24) is 10.2 Å². The highest BCUT2D eigenvalue weighted by atomic mass is 19.3. The molecule has 1 aromatic heterocycles. The van der Waals surface area contributed by atoms with E-state index < -0.39 is 37.0 Å². The highest BCUT2D eigenvalue weighted by Gasteiger charge is 2.25. The van der Waals surface area contributed by atoms with Gasteiger partial charge in [0.1, 0.15) is 11.8 Å². The van der Waals surface area contributed by atoms with E-state index in [9.17, 15) is 23.2 Å². The molecule has 0 fully saturated rings. The van der Waals surface area contributed by atoms with Gasteiger partial charge in [-0.25, -0.2) is 4.79 Å². The molecule has 1 atom stereocenters. The van der Waals surface area contributed by atoms with Crippen LogP contribution in [0.15, 0.2) is 77.4 Å². The summed E-state index contributed by atoms with van der Waals surface area (Å²) < 4.78 is 39.1. The number of benzene rings is 2. The first-order valence-electron chi connectivity index (χ1n) is 10.6. The van der Waals surface area contributed by atoms with Gasteiger partial charge in [-0.15, -0.1) is 0 Å². The summed E-state index contributed by atoms with van der Waals surface area (Å²) >= 11 is 0. The smallest absolute Gasteiger partial charge is 0.387 e. The number of esters is 1. The number of carbonyl (C=O) groups excluding carboxylic acids is 3. The zero-order chi connectivity index (χ0) is 25.2. The second-order valence-electron chi connectivity index (χ2n) is 7.57. The van der Waals surface area contributed by atoms with Crippen LogP contribution in [-0.4, -0.2) is 49.0 Å². The van der Waals surface area contributed by atoms with Gasteiger partial charge in [-0.05, 0) is 35.4 Å². The van der Waals surface area contributed by atoms with Crippen molar-refractivity contribution in [3.05, 3.63) is 89.9 Å². The van der Waals surface area contributed by atoms with Gasteiger partial charge in [0, 0.05) is 20.0 Å². The van der Waals surface area contributed by atoms with Crippen molar-refractivity contribution in [3.63, 3.8) is 0 Å². The van der Waals surface area contributed by atoms with Crippen molar-refractivity contribution in [2.75, 3.05) is 13.7 Å². The van der Waals surface area contributed by atoms with E-state index >= 15 is 0 Å². The monoisotopic (exact) mass is 486 g/mol. The number of hydrogen-bond donors (Lipinski definition) is 1. The van der Waals surface area contributed by atoms with Crippen molar-refractivity contribution >= 4 is 17.8 Å². The molecule has 0 saturated carbocycles. The molecular formula is C25H24F2N2O6.